The number of nitrogens with one attached hydrogen (secondary N) is 1. The van der Waals surface area contributed by atoms with E-state index in [2.05, 4.69) is 31.2 Å². The van der Waals surface area contributed by atoms with Crippen LogP contribution in [-0.4, -0.2) is 21.7 Å². The monoisotopic (exact) mass is 465 g/mol. The third kappa shape index (κ3) is 4.74. The molecule has 0 aliphatic heterocycles. The highest BCUT2D eigenvalue weighted by Crippen LogP contribution is 2.49. The van der Waals surface area contributed by atoms with Gasteiger partial charge in [0.2, 0.25) is 5.91 Å². The fourth-order valence-electron chi connectivity index (χ4n) is 3.19. The normalized spacial score (nSPS) is 14.0. The Labute approximate surface area is 182 Å². The standard InChI is InChI=1S/C23H20BrN3O3/c24-19-3-1-2-4-21(19)30-18-7-5-16(6-8-18)12-27-22(29)23(9-10-23)11-20(28)17-13-25-15-26-14-17/h1-8,13-15H,9-12H2,(H,27,29). The van der Waals surface area contributed by atoms with Crippen LogP contribution in [0.15, 0.2) is 71.7 Å². The first-order valence-electron chi connectivity index (χ1n) is 9.64. The van der Waals surface area contributed by atoms with Gasteiger partial charge in [-0.1, -0.05) is 24.3 Å². The minimum atomic E-state index is -0.602. The second kappa shape index (κ2) is 8.75. The van der Waals surface area contributed by atoms with Crippen molar-refractivity contribution in [1.29, 1.82) is 0 Å². The summed E-state index contributed by atoms with van der Waals surface area (Å²) in [5.74, 6) is 1.27. The molecular formula is C23H20BrN3O3. The predicted octanol–water partition coefficient (Wildman–Crippen LogP) is 4.70. The Bertz CT molecular complexity index is 1050. The molecule has 0 bridgehead atoms. The highest BCUT2D eigenvalue weighted by atomic mass is 79.9. The molecule has 30 heavy (non-hydrogen) atoms. The molecular weight excluding hydrogens is 446 g/mol. The summed E-state index contributed by atoms with van der Waals surface area (Å²) in [6.07, 6.45) is 5.98. The maximum Gasteiger partial charge on any atom is 0.226 e. The summed E-state index contributed by atoms with van der Waals surface area (Å²) in [5, 5.41) is 2.97. The molecule has 6 nitrogen and oxygen atoms in total. The Morgan fingerprint density at radius 2 is 1.73 bits per heavy atom. The number of hydrogen-bond donors (Lipinski definition) is 1. The van der Waals surface area contributed by atoms with Crippen LogP contribution in [0.1, 0.15) is 35.2 Å². The van der Waals surface area contributed by atoms with Gasteiger partial charge in [0.25, 0.3) is 0 Å². The van der Waals surface area contributed by atoms with Crippen LogP contribution in [0.4, 0.5) is 0 Å². The molecule has 1 aliphatic rings. The second-order valence-corrected chi connectivity index (χ2v) is 8.22. The molecule has 1 aromatic heterocycles. The number of para-hydroxylation sites is 1. The first-order valence-corrected chi connectivity index (χ1v) is 10.4. The lowest BCUT2D eigenvalue weighted by atomic mass is 9.95. The largest absolute Gasteiger partial charge is 0.456 e. The van der Waals surface area contributed by atoms with Crippen molar-refractivity contribution in [2.75, 3.05) is 0 Å². The van der Waals surface area contributed by atoms with Crippen LogP contribution in [-0.2, 0) is 11.3 Å². The number of carbonyl (C=O) groups excluding carboxylic acids is 2. The fraction of sp³-hybridized carbons (Fsp3) is 0.217. The Balaban J connectivity index is 1.31. The van der Waals surface area contributed by atoms with E-state index in [-0.39, 0.29) is 18.1 Å². The molecule has 7 heteroatoms. The van der Waals surface area contributed by atoms with Gasteiger partial charge in [-0.25, -0.2) is 9.97 Å². The highest BCUT2D eigenvalue weighted by molar-refractivity contribution is 9.10. The predicted molar refractivity (Wildman–Crippen MR) is 115 cm³/mol. The molecule has 0 saturated heterocycles. The maximum atomic E-state index is 12.7. The molecule has 0 radical (unpaired) electrons. The SMILES string of the molecule is O=C(CC1(C(=O)NCc2ccc(Oc3ccccc3Br)cc2)CC1)c1cncnc1. The molecule has 3 aromatic rings. The fourth-order valence-corrected chi connectivity index (χ4v) is 3.55. The first kappa shape index (κ1) is 20.2. The van der Waals surface area contributed by atoms with Gasteiger partial charge >= 0.3 is 0 Å². The van der Waals surface area contributed by atoms with E-state index in [4.69, 9.17) is 4.74 Å². The number of halogens is 1. The number of aromatic nitrogens is 2. The molecule has 0 spiro atoms. The third-order valence-electron chi connectivity index (χ3n) is 5.16. The molecule has 0 unspecified atom stereocenters. The van der Waals surface area contributed by atoms with Crippen LogP contribution in [0.3, 0.4) is 0 Å². The van der Waals surface area contributed by atoms with Gasteiger partial charge in [0.1, 0.15) is 17.8 Å². The Hall–Kier alpha value is -3.06. The van der Waals surface area contributed by atoms with Crippen LogP contribution in [0.25, 0.3) is 0 Å². The lowest BCUT2D eigenvalue weighted by molar-refractivity contribution is -0.126. The number of ether oxygens (including phenoxy) is 1. The summed E-state index contributed by atoms with van der Waals surface area (Å²) in [6, 6.07) is 15.2. The minimum Gasteiger partial charge on any atom is -0.456 e. The molecule has 1 amide bonds. The lowest BCUT2D eigenvalue weighted by Crippen LogP contribution is -2.33. The van der Waals surface area contributed by atoms with E-state index in [0.29, 0.717) is 17.9 Å². The number of nitrogens with zero attached hydrogens (tertiary/aromatic N) is 2. The zero-order chi connectivity index (χ0) is 21.0. The van der Waals surface area contributed by atoms with E-state index in [9.17, 15) is 9.59 Å². The number of hydrogen-bond acceptors (Lipinski definition) is 5. The van der Waals surface area contributed by atoms with Crippen LogP contribution >= 0.6 is 15.9 Å². The molecule has 1 N–H and O–H groups in total. The van der Waals surface area contributed by atoms with Crippen molar-refractivity contribution in [2.45, 2.75) is 25.8 Å². The summed E-state index contributed by atoms with van der Waals surface area (Å²) in [6.45, 7) is 0.401. The van der Waals surface area contributed by atoms with Crippen LogP contribution < -0.4 is 10.1 Å². The van der Waals surface area contributed by atoms with Crippen molar-refractivity contribution in [3.05, 3.63) is 82.9 Å². The smallest absolute Gasteiger partial charge is 0.226 e. The zero-order valence-corrected chi connectivity index (χ0v) is 17.8. The summed E-state index contributed by atoms with van der Waals surface area (Å²) in [7, 11) is 0. The van der Waals surface area contributed by atoms with Gasteiger partial charge in [0.05, 0.1) is 15.5 Å². The first-order chi connectivity index (χ1) is 14.6. The van der Waals surface area contributed by atoms with E-state index >= 15 is 0 Å². The summed E-state index contributed by atoms with van der Waals surface area (Å²) in [4.78, 5) is 32.8. The Kier molecular flexibility index (Phi) is 5.90. The van der Waals surface area contributed by atoms with Crippen LogP contribution in [0, 0.1) is 5.41 Å². The van der Waals surface area contributed by atoms with Gasteiger partial charge in [0, 0.05) is 25.4 Å². The number of ketones is 1. The number of benzene rings is 2. The summed E-state index contributed by atoms with van der Waals surface area (Å²) < 4.78 is 6.74. The average molecular weight is 466 g/mol. The summed E-state index contributed by atoms with van der Waals surface area (Å²) >= 11 is 3.46. The van der Waals surface area contributed by atoms with E-state index < -0.39 is 5.41 Å². The molecule has 1 saturated carbocycles. The number of rotatable bonds is 8. The Morgan fingerprint density at radius 3 is 2.40 bits per heavy atom. The van der Waals surface area contributed by atoms with E-state index in [0.717, 1.165) is 28.6 Å². The quantitative estimate of drug-likeness (QED) is 0.487. The van der Waals surface area contributed by atoms with Crippen molar-refractivity contribution >= 4 is 27.6 Å². The summed E-state index contributed by atoms with van der Waals surface area (Å²) in [5.41, 5.74) is 0.800. The van der Waals surface area contributed by atoms with Crippen LogP contribution in [0.5, 0.6) is 11.5 Å². The van der Waals surface area contributed by atoms with Crippen molar-refractivity contribution in [2.24, 2.45) is 5.41 Å². The molecule has 1 aliphatic carbocycles. The Morgan fingerprint density at radius 1 is 1.03 bits per heavy atom. The second-order valence-electron chi connectivity index (χ2n) is 7.37. The van der Waals surface area contributed by atoms with Crippen LogP contribution in [0.2, 0.25) is 0 Å². The average Bonchev–Trinajstić information content (AvgIpc) is 3.56. The third-order valence-corrected chi connectivity index (χ3v) is 5.81. The van der Waals surface area contributed by atoms with Gasteiger partial charge in [0.15, 0.2) is 5.78 Å². The molecule has 1 fully saturated rings. The van der Waals surface area contributed by atoms with E-state index in [1.54, 1.807) is 0 Å². The molecule has 2 aromatic carbocycles. The maximum absolute atomic E-state index is 12.7. The van der Waals surface area contributed by atoms with E-state index in [1.807, 2.05) is 48.5 Å². The molecule has 4 rings (SSSR count). The van der Waals surface area contributed by atoms with Gasteiger partial charge in [-0.2, -0.15) is 0 Å². The van der Waals surface area contributed by atoms with Crippen molar-refractivity contribution in [1.82, 2.24) is 15.3 Å². The van der Waals surface area contributed by atoms with Gasteiger partial charge in [-0.05, 0) is 58.6 Å². The van der Waals surface area contributed by atoms with Crippen molar-refractivity contribution < 1.29 is 14.3 Å². The van der Waals surface area contributed by atoms with Crippen molar-refractivity contribution in [3.8, 4) is 11.5 Å². The topological polar surface area (TPSA) is 81.2 Å². The number of amides is 1. The number of Topliss-reactive ketones (excluding diaryl/α,β-unsaturated/α-hetero) is 1. The minimum absolute atomic E-state index is 0.0822. The van der Waals surface area contributed by atoms with Gasteiger partial charge < -0.3 is 10.1 Å². The zero-order valence-electron chi connectivity index (χ0n) is 16.2. The molecule has 1 heterocycles. The molecule has 0 atom stereocenters. The lowest BCUT2D eigenvalue weighted by Gasteiger charge is -2.15. The van der Waals surface area contributed by atoms with Gasteiger partial charge in [-0.15, -0.1) is 0 Å². The van der Waals surface area contributed by atoms with E-state index in [1.165, 1.54) is 18.7 Å². The van der Waals surface area contributed by atoms with Crippen molar-refractivity contribution in [3.63, 3.8) is 0 Å². The number of carbonyl (C=O) groups is 2. The molecule has 152 valence electrons. The van der Waals surface area contributed by atoms with Gasteiger partial charge in [-0.3, -0.25) is 9.59 Å². The highest BCUT2D eigenvalue weighted by Gasteiger charge is 2.50.